The highest BCUT2D eigenvalue weighted by molar-refractivity contribution is 7.25. The Balaban J connectivity index is 0.996. The summed E-state index contributed by atoms with van der Waals surface area (Å²) in [6.45, 7) is 4.69. The van der Waals surface area contributed by atoms with E-state index < -0.39 is 0 Å². The van der Waals surface area contributed by atoms with Crippen molar-refractivity contribution in [2.75, 3.05) is 4.90 Å². The molecule has 9 aromatic rings. The molecule has 8 aromatic carbocycles. The van der Waals surface area contributed by atoms with Gasteiger partial charge in [0.05, 0.1) is 0 Å². The first kappa shape index (κ1) is 31.5. The van der Waals surface area contributed by atoms with Gasteiger partial charge in [-0.05, 0) is 116 Å². The van der Waals surface area contributed by atoms with Crippen LogP contribution in [0.15, 0.2) is 188 Å². The van der Waals surface area contributed by atoms with Gasteiger partial charge in [-0.3, -0.25) is 0 Å². The molecule has 0 radical (unpaired) electrons. The first-order chi connectivity index (χ1) is 26.0. The molecule has 1 nitrogen and oxygen atoms in total. The number of benzene rings is 8. The van der Waals surface area contributed by atoms with Crippen molar-refractivity contribution in [3.8, 4) is 44.5 Å². The first-order valence-electron chi connectivity index (χ1n) is 18.3. The zero-order valence-corrected chi connectivity index (χ0v) is 30.6. The molecule has 0 unspecified atom stereocenters. The van der Waals surface area contributed by atoms with Crippen LogP contribution in [0.3, 0.4) is 0 Å². The molecule has 53 heavy (non-hydrogen) atoms. The number of anilines is 3. The van der Waals surface area contributed by atoms with E-state index in [2.05, 4.69) is 207 Å². The Morgan fingerprint density at radius 2 is 0.830 bits per heavy atom. The molecule has 0 aliphatic heterocycles. The molecule has 0 fully saturated rings. The van der Waals surface area contributed by atoms with Gasteiger partial charge in [0.2, 0.25) is 0 Å². The Hall–Kier alpha value is -6.22. The quantitative estimate of drug-likeness (QED) is 0.167. The third kappa shape index (κ3) is 5.37. The third-order valence-corrected chi connectivity index (χ3v) is 12.2. The van der Waals surface area contributed by atoms with Crippen molar-refractivity contribution in [3.63, 3.8) is 0 Å². The van der Waals surface area contributed by atoms with Gasteiger partial charge in [-0.15, -0.1) is 11.3 Å². The van der Waals surface area contributed by atoms with Crippen molar-refractivity contribution >= 4 is 48.6 Å². The van der Waals surface area contributed by atoms with Crippen LogP contribution in [-0.2, 0) is 5.41 Å². The zero-order chi connectivity index (χ0) is 35.5. The highest BCUT2D eigenvalue weighted by Crippen LogP contribution is 2.49. The molecule has 1 heterocycles. The summed E-state index contributed by atoms with van der Waals surface area (Å²) in [5.41, 5.74) is 16.3. The molecule has 0 spiro atoms. The highest BCUT2D eigenvalue weighted by atomic mass is 32.1. The Bertz CT molecular complexity index is 2780. The molecule has 2 heteroatoms. The van der Waals surface area contributed by atoms with E-state index >= 15 is 0 Å². The van der Waals surface area contributed by atoms with Gasteiger partial charge in [0.25, 0.3) is 0 Å². The standard InChI is InChI=1S/C51H37NS/c1-51(2)47-16-10-9-15-43(47)44-28-23-39(32-48(44)51)37-19-17-36(18-20-37)38-24-29-49-45(31-38)46-33-42(27-30-50(46)53-49)52(40-13-7-4-8-14-40)41-25-21-35(22-26-41)34-11-5-3-6-12-34/h3-33H,1-2H3. The van der Waals surface area contributed by atoms with E-state index in [9.17, 15) is 0 Å². The van der Waals surface area contributed by atoms with Crippen LogP contribution < -0.4 is 4.90 Å². The maximum Gasteiger partial charge on any atom is 0.0468 e. The molecule has 10 rings (SSSR count). The van der Waals surface area contributed by atoms with E-state index in [-0.39, 0.29) is 5.41 Å². The average molecular weight is 696 g/mol. The van der Waals surface area contributed by atoms with Gasteiger partial charge in [-0.25, -0.2) is 0 Å². The zero-order valence-electron chi connectivity index (χ0n) is 29.8. The van der Waals surface area contributed by atoms with Crippen LogP contribution in [0, 0.1) is 0 Å². The van der Waals surface area contributed by atoms with Crippen LogP contribution in [0.2, 0.25) is 0 Å². The number of rotatable bonds is 6. The van der Waals surface area contributed by atoms with Gasteiger partial charge in [-0.2, -0.15) is 0 Å². The van der Waals surface area contributed by atoms with Crippen molar-refractivity contribution in [3.05, 3.63) is 199 Å². The fourth-order valence-electron chi connectivity index (χ4n) is 8.28. The average Bonchev–Trinajstić information content (AvgIpc) is 3.70. The lowest BCUT2D eigenvalue weighted by Crippen LogP contribution is -2.14. The van der Waals surface area contributed by atoms with Crippen LogP contribution in [0.5, 0.6) is 0 Å². The Kier molecular flexibility index (Phi) is 7.42. The van der Waals surface area contributed by atoms with Crippen molar-refractivity contribution in [2.24, 2.45) is 0 Å². The van der Waals surface area contributed by atoms with E-state index in [0.717, 1.165) is 17.1 Å². The SMILES string of the molecule is CC1(C)c2ccccc2-c2ccc(-c3ccc(-c4ccc5sc6ccc(N(c7ccccc7)c7ccc(-c8ccccc8)cc7)cc6c5c4)cc3)cc21. The maximum absolute atomic E-state index is 2.40. The predicted octanol–water partition coefficient (Wildman–Crippen LogP) is 14.8. The van der Waals surface area contributed by atoms with Crippen LogP contribution in [0.25, 0.3) is 64.7 Å². The minimum atomic E-state index is -0.00835. The van der Waals surface area contributed by atoms with E-state index in [0.29, 0.717) is 0 Å². The van der Waals surface area contributed by atoms with Crippen LogP contribution >= 0.6 is 11.3 Å². The summed E-state index contributed by atoms with van der Waals surface area (Å²) in [5.74, 6) is 0. The Morgan fingerprint density at radius 3 is 1.57 bits per heavy atom. The summed E-state index contributed by atoms with van der Waals surface area (Å²) < 4.78 is 2.60. The minimum absolute atomic E-state index is 0.00835. The Morgan fingerprint density at radius 1 is 0.358 bits per heavy atom. The van der Waals surface area contributed by atoms with Crippen molar-refractivity contribution in [2.45, 2.75) is 19.3 Å². The molecular formula is C51H37NS. The molecule has 252 valence electrons. The summed E-state index contributed by atoms with van der Waals surface area (Å²) in [4.78, 5) is 2.36. The van der Waals surface area contributed by atoms with Crippen molar-refractivity contribution in [1.82, 2.24) is 0 Å². The highest BCUT2D eigenvalue weighted by Gasteiger charge is 2.35. The minimum Gasteiger partial charge on any atom is -0.310 e. The molecule has 0 N–H and O–H groups in total. The molecule has 0 bridgehead atoms. The predicted molar refractivity (Wildman–Crippen MR) is 228 cm³/mol. The van der Waals surface area contributed by atoms with Crippen molar-refractivity contribution in [1.29, 1.82) is 0 Å². The lowest BCUT2D eigenvalue weighted by molar-refractivity contribution is 0.660. The lowest BCUT2D eigenvalue weighted by Gasteiger charge is -2.26. The third-order valence-electron chi connectivity index (χ3n) is 11.1. The molecular weight excluding hydrogens is 659 g/mol. The van der Waals surface area contributed by atoms with Crippen LogP contribution in [-0.4, -0.2) is 0 Å². The van der Waals surface area contributed by atoms with Crippen LogP contribution in [0.1, 0.15) is 25.0 Å². The Labute approximate surface area is 315 Å². The van der Waals surface area contributed by atoms with Crippen LogP contribution in [0.4, 0.5) is 17.1 Å². The van der Waals surface area contributed by atoms with Gasteiger partial charge >= 0.3 is 0 Å². The summed E-state index contributed by atoms with van der Waals surface area (Å²) in [5, 5.41) is 2.57. The molecule has 1 aliphatic rings. The summed E-state index contributed by atoms with van der Waals surface area (Å²) >= 11 is 1.86. The summed E-state index contributed by atoms with van der Waals surface area (Å²) in [6.07, 6.45) is 0. The van der Waals surface area contributed by atoms with Gasteiger partial charge in [0, 0.05) is 42.6 Å². The normalized spacial score (nSPS) is 12.9. The number of hydrogen-bond acceptors (Lipinski definition) is 2. The molecule has 0 saturated heterocycles. The topological polar surface area (TPSA) is 3.24 Å². The van der Waals surface area contributed by atoms with E-state index in [4.69, 9.17) is 0 Å². The molecule has 0 saturated carbocycles. The van der Waals surface area contributed by atoms with Gasteiger partial charge in [-0.1, -0.05) is 141 Å². The molecule has 1 aromatic heterocycles. The number of hydrogen-bond donors (Lipinski definition) is 0. The van der Waals surface area contributed by atoms with Crippen molar-refractivity contribution < 1.29 is 0 Å². The fraction of sp³-hybridized carbons (Fsp3) is 0.0588. The second kappa shape index (κ2) is 12.5. The maximum atomic E-state index is 2.40. The van der Waals surface area contributed by atoms with Gasteiger partial charge < -0.3 is 4.90 Å². The smallest absolute Gasteiger partial charge is 0.0468 e. The number of nitrogens with zero attached hydrogens (tertiary/aromatic N) is 1. The molecule has 0 amide bonds. The van der Waals surface area contributed by atoms with E-state index in [1.807, 2.05) is 11.3 Å². The molecule has 1 aliphatic carbocycles. The fourth-order valence-corrected chi connectivity index (χ4v) is 9.35. The first-order valence-corrected chi connectivity index (χ1v) is 19.2. The number of thiophene rings is 1. The lowest BCUT2D eigenvalue weighted by atomic mass is 9.81. The number of fused-ring (bicyclic) bond motifs is 6. The molecule has 0 atom stereocenters. The second-order valence-corrected chi connectivity index (χ2v) is 15.7. The van der Waals surface area contributed by atoms with E-state index in [1.54, 1.807) is 0 Å². The monoisotopic (exact) mass is 695 g/mol. The summed E-state index contributed by atoms with van der Waals surface area (Å²) in [6, 6.07) is 69.0. The number of para-hydroxylation sites is 1. The summed E-state index contributed by atoms with van der Waals surface area (Å²) in [7, 11) is 0. The largest absolute Gasteiger partial charge is 0.310 e. The van der Waals surface area contributed by atoms with E-state index in [1.165, 1.54) is 75.8 Å². The second-order valence-electron chi connectivity index (χ2n) is 14.6. The van der Waals surface area contributed by atoms with Gasteiger partial charge in [0.15, 0.2) is 0 Å². The van der Waals surface area contributed by atoms with Gasteiger partial charge in [0.1, 0.15) is 0 Å².